The zero-order valence-corrected chi connectivity index (χ0v) is 14.8. The van der Waals surface area contributed by atoms with Crippen LogP contribution in [-0.4, -0.2) is 17.2 Å². The van der Waals surface area contributed by atoms with Gasteiger partial charge in [-0.25, -0.2) is 0 Å². The quantitative estimate of drug-likeness (QED) is 0.822. The number of carbonyl (C=O) groups is 1. The van der Waals surface area contributed by atoms with Crippen molar-refractivity contribution in [2.45, 2.75) is 38.1 Å². The minimum absolute atomic E-state index is 0.00473. The van der Waals surface area contributed by atoms with Gasteiger partial charge in [-0.3, -0.25) is 4.79 Å². The van der Waals surface area contributed by atoms with E-state index in [0.717, 1.165) is 36.3 Å². The first-order valence-electron chi connectivity index (χ1n) is 9.27. The van der Waals surface area contributed by atoms with Gasteiger partial charge in [-0.15, -0.1) is 0 Å². The number of nitrogens with one attached hydrogen (secondary N) is 1. The maximum Gasteiger partial charge on any atom is 0.283 e. The van der Waals surface area contributed by atoms with Gasteiger partial charge < -0.3 is 5.32 Å². The molecule has 1 N–H and O–H groups in total. The molecule has 0 bridgehead atoms. The van der Waals surface area contributed by atoms with Gasteiger partial charge in [0.25, 0.3) is 5.91 Å². The van der Waals surface area contributed by atoms with Crippen LogP contribution < -0.4 is 10.3 Å². The van der Waals surface area contributed by atoms with E-state index in [2.05, 4.69) is 28.6 Å². The van der Waals surface area contributed by atoms with E-state index in [9.17, 15) is 4.79 Å². The molecule has 26 heavy (non-hydrogen) atoms. The molecule has 4 nitrogen and oxygen atoms in total. The van der Waals surface area contributed by atoms with Crippen LogP contribution in [0.2, 0.25) is 0 Å². The molecule has 2 aromatic carbocycles. The Labute approximate surface area is 153 Å². The second kappa shape index (κ2) is 5.56. The molecule has 3 aliphatic rings. The number of amides is 1. The minimum Gasteiger partial charge on any atom is -0.363 e. The van der Waals surface area contributed by atoms with E-state index in [0.29, 0.717) is 0 Å². The molecule has 1 aliphatic carbocycles. The van der Waals surface area contributed by atoms with Crippen LogP contribution in [0.1, 0.15) is 38.2 Å². The maximum atomic E-state index is 13.7. The summed E-state index contributed by atoms with van der Waals surface area (Å²) in [4.78, 5) is 13.7. The zero-order valence-electron chi connectivity index (χ0n) is 14.8. The first-order valence-corrected chi connectivity index (χ1v) is 9.27. The standard InChI is InChI=1S/C22H21N3O/c1-15-22(21(26)25(24-15)16-9-3-2-4-10-16)19-13-7-5-11-17(19)18-12-6-8-14-20(18)23-22/h2-4,6,8-10,12,14,23H,5,7,11,13H2,1H3. The SMILES string of the molecule is CC1=NN(c2ccccc2)C(=O)C12Nc1ccccc1C1=C2CCCC1. The molecule has 0 radical (unpaired) electrons. The first kappa shape index (κ1) is 15.4. The van der Waals surface area contributed by atoms with Crippen LogP contribution in [0.4, 0.5) is 11.4 Å². The number of anilines is 2. The third-order valence-electron chi connectivity index (χ3n) is 5.80. The molecule has 1 amide bonds. The molecule has 2 heterocycles. The van der Waals surface area contributed by atoms with Gasteiger partial charge in [-0.05, 0) is 62.0 Å². The number of nitrogens with zero attached hydrogens (tertiary/aromatic N) is 2. The third kappa shape index (κ3) is 1.96. The Morgan fingerprint density at radius 1 is 1.00 bits per heavy atom. The van der Waals surface area contributed by atoms with Crippen molar-refractivity contribution in [2.75, 3.05) is 10.3 Å². The summed E-state index contributed by atoms with van der Waals surface area (Å²) in [7, 11) is 0. The Kier molecular flexibility index (Phi) is 3.29. The fraction of sp³-hybridized carbons (Fsp3) is 0.273. The lowest BCUT2D eigenvalue weighted by Crippen LogP contribution is -2.56. The van der Waals surface area contributed by atoms with E-state index in [1.807, 2.05) is 43.3 Å². The van der Waals surface area contributed by atoms with Gasteiger partial charge >= 0.3 is 0 Å². The number of rotatable bonds is 1. The van der Waals surface area contributed by atoms with Crippen LogP contribution >= 0.6 is 0 Å². The number of hydrazone groups is 1. The van der Waals surface area contributed by atoms with E-state index in [1.165, 1.54) is 23.1 Å². The van der Waals surface area contributed by atoms with E-state index >= 15 is 0 Å². The van der Waals surface area contributed by atoms with Crippen molar-refractivity contribution in [1.82, 2.24) is 0 Å². The predicted molar refractivity (Wildman–Crippen MR) is 105 cm³/mol. The van der Waals surface area contributed by atoms with Gasteiger partial charge in [0.15, 0.2) is 5.54 Å². The zero-order chi connectivity index (χ0) is 17.7. The van der Waals surface area contributed by atoms with E-state index in [-0.39, 0.29) is 5.91 Å². The Balaban J connectivity index is 1.70. The van der Waals surface area contributed by atoms with Crippen molar-refractivity contribution in [3.63, 3.8) is 0 Å². The second-order valence-corrected chi connectivity index (χ2v) is 7.22. The molecule has 2 aliphatic heterocycles. The van der Waals surface area contributed by atoms with Crippen molar-refractivity contribution >= 4 is 28.6 Å². The normalized spacial score (nSPS) is 24.3. The van der Waals surface area contributed by atoms with E-state index in [1.54, 1.807) is 5.01 Å². The lowest BCUT2D eigenvalue weighted by atomic mass is 9.71. The Bertz CT molecular complexity index is 960. The van der Waals surface area contributed by atoms with Crippen LogP contribution in [0, 0.1) is 0 Å². The highest BCUT2D eigenvalue weighted by atomic mass is 16.2. The predicted octanol–water partition coefficient (Wildman–Crippen LogP) is 4.60. The van der Waals surface area contributed by atoms with Crippen LogP contribution in [0.15, 0.2) is 65.3 Å². The van der Waals surface area contributed by atoms with Crippen molar-refractivity contribution in [3.8, 4) is 0 Å². The summed E-state index contributed by atoms with van der Waals surface area (Å²) >= 11 is 0. The van der Waals surface area contributed by atoms with Gasteiger partial charge in [0.2, 0.25) is 0 Å². The number of fused-ring (bicyclic) bond motifs is 3. The molecular weight excluding hydrogens is 322 g/mol. The monoisotopic (exact) mass is 343 g/mol. The van der Waals surface area contributed by atoms with Gasteiger partial charge in [-0.1, -0.05) is 36.4 Å². The summed E-state index contributed by atoms with van der Waals surface area (Å²) in [6.07, 6.45) is 4.27. The van der Waals surface area contributed by atoms with E-state index in [4.69, 9.17) is 0 Å². The summed E-state index contributed by atoms with van der Waals surface area (Å²) in [5.74, 6) is 0.00473. The lowest BCUT2D eigenvalue weighted by molar-refractivity contribution is -0.119. The minimum atomic E-state index is -0.833. The molecule has 1 unspecified atom stereocenters. The summed E-state index contributed by atoms with van der Waals surface area (Å²) in [5, 5.41) is 9.84. The van der Waals surface area contributed by atoms with Gasteiger partial charge in [0, 0.05) is 11.3 Å². The van der Waals surface area contributed by atoms with Crippen LogP contribution in [0.5, 0.6) is 0 Å². The number of hydrogen-bond donors (Lipinski definition) is 1. The average Bonchev–Trinajstić information content (AvgIpc) is 2.94. The molecular formula is C22H21N3O. The number of hydrogen-bond acceptors (Lipinski definition) is 3. The Morgan fingerprint density at radius 3 is 2.58 bits per heavy atom. The smallest absolute Gasteiger partial charge is 0.283 e. The number of benzene rings is 2. The summed E-state index contributed by atoms with van der Waals surface area (Å²) in [6, 6.07) is 18.0. The van der Waals surface area contributed by atoms with Crippen LogP contribution in [-0.2, 0) is 4.79 Å². The maximum absolute atomic E-state index is 13.7. The van der Waals surface area contributed by atoms with Crippen molar-refractivity contribution in [3.05, 3.63) is 65.7 Å². The molecule has 0 fully saturated rings. The molecule has 5 rings (SSSR count). The third-order valence-corrected chi connectivity index (χ3v) is 5.80. The second-order valence-electron chi connectivity index (χ2n) is 7.22. The lowest BCUT2D eigenvalue weighted by Gasteiger charge is -2.41. The summed E-state index contributed by atoms with van der Waals surface area (Å²) < 4.78 is 0. The number of carbonyl (C=O) groups excluding carboxylic acids is 1. The van der Waals surface area contributed by atoms with Gasteiger partial charge in [0.05, 0.1) is 11.4 Å². The molecule has 1 atom stereocenters. The van der Waals surface area contributed by atoms with Crippen molar-refractivity contribution in [1.29, 1.82) is 0 Å². The fourth-order valence-electron chi connectivity index (χ4n) is 4.57. The number of para-hydroxylation sites is 2. The Morgan fingerprint density at radius 2 is 1.73 bits per heavy atom. The molecule has 1 spiro atoms. The summed E-state index contributed by atoms with van der Waals surface area (Å²) in [6.45, 7) is 1.97. The highest BCUT2D eigenvalue weighted by Crippen LogP contribution is 2.48. The summed E-state index contributed by atoms with van der Waals surface area (Å²) in [5.41, 5.74) is 5.63. The molecule has 4 heteroatoms. The molecule has 2 aromatic rings. The van der Waals surface area contributed by atoms with Crippen molar-refractivity contribution in [2.24, 2.45) is 5.10 Å². The Hall–Kier alpha value is -2.88. The van der Waals surface area contributed by atoms with E-state index < -0.39 is 5.54 Å². The van der Waals surface area contributed by atoms with Crippen LogP contribution in [0.25, 0.3) is 5.57 Å². The fourth-order valence-corrected chi connectivity index (χ4v) is 4.57. The topological polar surface area (TPSA) is 44.7 Å². The van der Waals surface area contributed by atoms with Gasteiger partial charge in [-0.2, -0.15) is 10.1 Å². The van der Waals surface area contributed by atoms with Gasteiger partial charge in [0.1, 0.15) is 0 Å². The highest BCUT2D eigenvalue weighted by molar-refractivity contribution is 6.28. The molecule has 0 aromatic heterocycles. The molecule has 130 valence electrons. The molecule has 0 saturated carbocycles. The highest BCUT2D eigenvalue weighted by Gasteiger charge is 2.55. The molecule has 0 saturated heterocycles. The number of allylic oxidation sites excluding steroid dienone is 1. The van der Waals surface area contributed by atoms with Crippen molar-refractivity contribution < 1.29 is 4.79 Å². The van der Waals surface area contributed by atoms with Crippen LogP contribution in [0.3, 0.4) is 0 Å². The largest absolute Gasteiger partial charge is 0.363 e. The first-order chi connectivity index (χ1) is 12.7. The average molecular weight is 343 g/mol.